The van der Waals surface area contributed by atoms with Gasteiger partial charge >= 0.3 is 11.9 Å². The fourth-order valence-electron chi connectivity index (χ4n) is 4.14. The number of esters is 2. The Morgan fingerprint density at radius 1 is 1.35 bits per heavy atom. The minimum atomic E-state index is -1.39. The fraction of sp³-hybridized carbons (Fsp3) is 0.733. The van der Waals surface area contributed by atoms with E-state index in [2.05, 4.69) is 6.58 Å². The second-order valence-electron chi connectivity index (χ2n) is 6.45. The summed E-state index contributed by atoms with van der Waals surface area (Å²) < 4.78 is 10.9. The number of hydrogen-bond donors (Lipinski definition) is 1. The average molecular weight is 280 g/mol. The van der Waals surface area contributed by atoms with Crippen molar-refractivity contribution >= 4 is 11.9 Å². The zero-order valence-corrected chi connectivity index (χ0v) is 11.8. The van der Waals surface area contributed by atoms with Crippen LogP contribution in [0.1, 0.15) is 39.5 Å². The summed E-state index contributed by atoms with van der Waals surface area (Å²) in [6, 6.07) is 0. The van der Waals surface area contributed by atoms with Crippen LogP contribution in [-0.4, -0.2) is 34.4 Å². The second kappa shape index (κ2) is 4.07. The average Bonchev–Trinajstić information content (AvgIpc) is 2.89. The Hall–Kier alpha value is -1.36. The second-order valence-corrected chi connectivity index (χ2v) is 6.45. The fourth-order valence-corrected chi connectivity index (χ4v) is 4.14. The number of aliphatic hydroxyl groups is 1. The van der Waals surface area contributed by atoms with Gasteiger partial charge in [-0.05, 0) is 25.7 Å². The van der Waals surface area contributed by atoms with E-state index in [1.165, 1.54) is 0 Å². The smallest absolute Gasteiger partial charge is 0.334 e. The number of carbonyl (C=O) groups excluding carboxylic acids is 2. The predicted molar refractivity (Wildman–Crippen MR) is 69.6 cm³/mol. The first-order valence-electron chi connectivity index (χ1n) is 7.13. The van der Waals surface area contributed by atoms with E-state index >= 15 is 0 Å². The lowest BCUT2D eigenvalue weighted by molar-refractivity contribution is -0.219. The summed E-state index contributed by atoms with van der Waals surface area (Å²) in [5.74, 6) is -0.923. The van der Waals surface area contributed by atoms with Crippen LogP contribution in [0.3, 0.4) is 0 Å². The van der Waals surface area contributed by atoms with E-state index in [1.807, 2.05) is 6.92 Å². The van der Waals surface area contributed by atoms with Crippen LogP contribution in [-0.2, 0) is 19.1 Å². The Bertz CT molecular complexity index is 494. The first-order valence-corrected chi connectivity index (χ1v) is 7.13. The Morgan fingerprint density at radius 3 is 2.65 bits per heavy atom. The van der Waals surface area contributed by atoms with E-state index in [0.29, 0.717) is 24.8 Å². The Balaban J connectivity index is 2.06. The van der Waals surface area contributed by atoms with Crippen molar-refractivity contribution in [1.29, 1.82) is 0 Å². The van der Waals surface area contributed by atoms with E-state index in [0.717, 1.165) is 6.42 Å². The van der Waals surface area contributed by atoms with Gasteiger partial charge in [0, 0.05) is 24.3 Å². The molecule has 2 heterocycles. The third-order valence-electron chi connectivity index (χ3n) is 5.42. The lowest BCUT2D eigenvalue weighted by Gasteiger charge is -2.46. The monoisotopic (exact) mass is 280 g/mol. The highest BCUT2D eigenvalue weighted by Gasteiger charge is 2.66. The molecule has 3 aliphatic rings. The van der Waals surface area contributed by atoms with Gasteiger partial charge in [-0.25, -0.2) is 4.79 Å². The molecule has 0 aromatic carbocycles. The molecule has 2 aliphatic heterocycles. The van der Waals surface area contributed by atoms with Crippen molar-refractivity contribution < 1.29 is 24.2 Å². The number of rotatable bonds is 0. The van der Waals surface area contributed by atoms with Gasteiger partial charge in [0.25, 0.3) is 0 Å². The number of ether oxygens (including phenoxy) is 2. The minimum absolute atomic E-state index is 0.0149. The van der Waals surface area contributed by atoms with E-state index in [9.17, 15) is 14.7 Å². The van der Waals surface area contributed by atoms with Gasteiger partial charge in [-0.1, -0.05) is 13.5 Å². The van der Waals surface area contributed by atoms with Crippen molar-refractivity contribution in [3.63, 3.8) is 0 Å². The molecule has 5 nitrogen and oxygen atoms in total. The van der Waals surface area contributed by atoms with Crippen LogP contribution in [0.25, 0.3) is 0 Å². The molecule has 1 aliphatic carbocycles. The van der Waals surface area contributed by atoms with Gasteiger partial charge in [-0.2, -0.15) is 0 Å². The minimum Gasteiger partial charge on any atom is -0.456 e. The molecule has 20 heavy (non-hydrogen) atoms. The van der Waals surface area contributed by atoms with Gasteiger partial charge < -0.3 is 14.6 Å². The predicted octanol–water partition coefficient (Wildman–Crippen LogP) is 1.34. The van der Waals surface area contributed by atoms with Gasteiger partial charge in [-0.3, -0.25) is 4.79 Å². The maximum absolute atomic E-state index is 11.7. The summed E-state index contributed by atoms with van der Waals surface area (Å²) in [6.45, 7) is 7.40. The van der Waals surface area contributed by atoms with E-state index in [4.69, 9.17) is 9.47 Å². The summed E-state index contributed by atoms with van der Waals surface area (Å²) in [4.78, 5) is 23.4. The van der Waals surface area contributed by atoms with Crippen LogP contribution >= 0.6 is 0 Å². The summed E-state index contributed by atoms with van der Waals surface area (Å²) in [5.41, 5.74) is -1.94. The molecule has 5 atom stereocenters. The summed E-state index contributed by atoms with van der Waals surface area (Å²) in [6.07, 6.45) is 1.56. The molecule has 3 rings (SSSR count). The molecule has 0 bridgehead atoms. The van der Waals surface area contributed by atoms with Gasteiger partial charge in [0.2, 0.25) is 0 Å². The summed E-state index contributed by atoms with van der Waals surface area (Å²) in [7, 11) is 0. The third kappa shape index (κ3) is 1.53. The van der Waals surface area contributed by atoms with Crippen LogP contribution in [0.15, 0.2) is 12.2 Å². The molecule has 2 saturated heterocycles. The zero-order chi connectivity index (χ0) is 14.7. The maximum Gasteiger partial charge on any atom is 0.334 e. The quantitative estimate of drug-likeness (QED) is 0.535. The highest BCUT2D eigenvalue weighted by atomic mass is 16.6. The Kier molecular flexibility index (Phi) is 2.77. The molecule has 1 spiro atoms. The summed E-state index contributed by atoms with van der Waals surface area (Å²) in [5, 5.41) is 11.1. The van der Waals surface area contributed by atoms with Crippen molar-refractivity contribution in [2.45, 2.75) is 56.8 Å². The molecule has 0 aromatic heterocycles. The van der Waals surface area contributed by atoms with Crippen LogP contribution in [0.5, 0.6) is 0 Å². The maximum atomic E-state index is 11.7. The molecule has 0 aromatic rings. The van der Waals surface area contributed by atoms with Crippen molar-refractivity contribution in [2.75, 3.05) is 0 Å². The lowest BCUT2D eigenvalue weighted by atomic mass is 9.70. The Morgan fingerprint density at radius 2 is 2.05 bits per heavy atom. The van der Waals surface area contributed by atoms with Crippen LogP contribution in [0, 0.1) is 11.8 Å². The molecule has 3 fully saturated rings. The lowest BCUT2D eigenvalue weighted by Crippen LogP contribution is -2.62. The van der Waals surface area contributed by atoms with Crippen LogP contribution in [0.2, 0.25) is 0 Å². The molecule has 1 N–H and O–H groups in total. The van der Waals surface area contributed by atoms with E-state index in [-0.39, 0.29) is 17.8 Å². The normalized spacial score (nSPS) is 48.0. The molecular weight excluding hydrogens is 260 g/mol. The number of carbonyl (C=O) groups is 2. The standard InChI is InChI=1S/C15H20O5/c1-8-4-5-10-9(2)13(17)19-12(10)14(3,18)15(8)7-6-11(16)20-15/h8,10,12,18H,2,4-7H2,1,3H3/t8-,10-,12+,14+,15+/m0/s1. The largest absolute Gasteiger partial charge is 0.456 e. The highest BCUT2D eigenvalue weighted by Crippen LogP contribution is 2.53. The molecule has 0 amide bonds. The van der Waals surface area contributed by atoms with Crippen molar-refractivity contribution in [1.82, 2.24) is 0 Å². The third-order valence-corrected chi connectivity index (χ3v) is 5.42. The van der Waals surface area contributed by atoms with Gasteiger partial charge in [-0.15, -0.1) is 0 Å². The highest BCUT2D eigenvalue weighted by molar-refractivity contribution is 5.91. The van der Waals surface area contributed by atoms with Gasteiger partial charge in [0.15, 0.2) is 0 Å². The zero-order valence-electron chi connectivity index (χ0n) is 11.8. The molecule has 0 radical (unpaired) electrons. The van der Waals surface area contributed by atoms with Crippen molar-refractivity contribution in [3.05, 3.63) is 12.2 Å². The number of fused-ring (bicyclic) bond motifs is 1. The Labute approximate surface area is 117 Å². The first-order chi connectivity index (χ1) is 9.29. The van der Waals surface area contributed by atoms with E-state index < -0.39 is 23.3 Å². The first kappa shape index (κ1) is 13.6. The SMILES string of the molecule is C=C1C(=O)O[C@@H]2[C@H]1CC[C@H](C)[C@]1(CCC(=O)O1)[C@]2(C)O. The van der Waals surface area contributed by atoms with Crippen LogP contribution < -0.4 is 0 Å². The molecule has 0 unspecified atom stereocenters. The van der Waals surface area contributed by atoms with Gasteiger partial charge in [0.05, 0.1) is 0 Å². The van der Waals surface area contributed by atoms with Crippen LogP contribution in [0.4, 0.5) is 0 Å². The molecular formula is C15H20O5. The number of hydrogen-bond acceptors (Lipinski definition) is 5. The van der Waals surface area contributed by atoms with E-state index in [1.54, 1.807) is 6.92 Å². The molecule has 1 saturated carbocycles. The molecule has 110 valence electrons. The summed E-state index contributed by atoms with van der Waals surface area (Å²) >= 11 is 0. The topological polar surface area (TPSA) is 72.8 Å². The molecule has 5 heteroatoms. The van der Waals surface area contributed by atoms with Crippen molar-refractivity contribution in [3.8, 4) is 0 Å². The van der Waals surface area contributed by atoms with Gasteiger partial charge in [0.1, 0.15) is 17.3 Å². The van der Waals surface area contributed by atoms with Crippen molar-refractivity contribution in [2.24, 2.45) is 11.8 Å².